The number of aliphatic hydroxyl groups excluding tert-OH is 2. The smallest absolute Gasteiger partial charge is 0.247 e. The van der Waals surface area contributed by atoms with Gasteiger partial charge in [0, 0.05) is 35.7 Å². The Bertz CT molecular complexity index is 1080. The van der Waals surface area contributed by atoms with Crippen LogP contribution in [0.2, 0.25) is 0 Å². The molecule has 1 aliphatic heterocycles. The summed E-state index contributed by atoms with van der Waals surface area (Å²) in [5.41, 5.74) is 1.26. The van der Waals surface area contributed by atoms with Gasteiger partial charge in [-0.15, -0.1) is 6.58 Å². The van der Waals surface area contributed by atoms with Gasteiger partial charge in [-0.3, -0.25) is 14.4 Å². The van der Waals surface area contributed by atoms with Gasteiger partial charge in [-0.1, -0.05) is 31.8 Å². The number of fused-ring (bicyclic) bond motifs is 3. The van der Waals surface area contributed by atoms with Gasteiger partial charge >= 0.3 is 0 Å². The first kappa shape index (κ1) is 27.9. The molecule has 0 bridgehead atoms. The Balaban J connectivity index is 1.81. The van der Waals surface area contributed by atoms with Gasteiger partial charge < -0.3 is 29.9 Å². The largest absolute Gasteiger partial charge is 0.493 e. The van der Waals surface area contributed by atoms with E-state index < -0.39 is 30.1 Å². The number of rotatable bonds is 10. The Hall–Kier alpha value is -3.17. The number of methoxy groups -OCH3 is 1. The van der Waals surface area contributed by atoms with Gasteiger partial charge in [-0.25, -0.2) is 0 Å². The molecule has 3 aliphatic rings. The third-order valence-corrected chi connectivity index (χ3v) is 7.80. The lowest BCUT2D eigenvalue weighted by Crippen LogP contribution is -2.58. The van der Waals surface area contributed by atoms with Crippen LogP contribution in [0.25, 0.3) is 0 Å². The number of allylic oxidation sites excluding steroid dienone is 1. The van der Waals surface area contributed by atoms with Crippen LogP contribution < -0.4 is 14.8 Å². The minimum atomic E-state index is -1.12. The van der Waals surface area contributed by atoms with E-state index in [9.17, 15) is 24.6 Å². The maximum Gasteiger partial charge on any atom is 0.247 e. The minimum Gasteiger partial charge on any atom is -0.493 e. The third kappa shape index (κ3) is 5.49. The van der Waals surface area contributed by atoms with Gasteiger partial charge in [0.15, 0.2) is 11.5 Å². The van der Waals surface area contributed by atoms with Crippen LogP contribution in [0.15, 0.2) is 36.4 Å². The van der Waals surface area contributed by atoms with Crippen LogP contribution in [-0.4, -0.2) is 77.8 Å². The number of aliphatic hydroxyl groups is 2. The number of aldehydes is 1. The highest BCUT2D eigenvalue weighted by atomic mass is 16.5. The molecule has 4 unspecified atom stereocenters. The summed E-state index contributed by atoms with van der Waals surface area (Å²) in [4.78, 5) is 40.4. The maximum absolute atomic E-state index is 13.6. The first-order valence-corrected chi connectivity index (χ1v) is 13.5. The van der Waals surface area contributed by atoms with E-state index in [0.717, 1.165) is 38.5 Å². The second-order valence-corrected chi connectivity index (χ2v) is 10.2. The molecule has 3 N–H and O–H groups in total. The zero-order valence-electron chi connectivity index (χ0n) is 21.9. The standard InChI is InChI=1S/C29H38N2O7/c1-3-4-11-24(34)31(19-9-7-5-6-8-10-19)22-16-21(29(36)30-12-13-32)25-20-14-18(17-33)15-23(37-2)27(20)38-28(25)26(22)35/h3,14-17,19,22,25-26,28,32,35H,1,4-13H2,2H3,(H,30,36). The SMILES string of the molecule is C=CCCC(=O)N(C1CCCCCC1)C1C=C(C(=O)NCCO)C2c3cc(C=O)cc(OC)c3OC2C1O. The van der Waals surface area contributed by atoms with E-state index in [1.165, 1.54) is 7.11 Å². The molecule has 0 aromatic heterocycles. The molecule has 1 fully saturated rings. The number of hydrogen-bond donors (Lipinski definition) is 3. The van der Waals surface area contributed by atoms with Crippen molar-refractivity contribution in [2.45, 2.75) is 81.6 Å². The molecule has 9 heteroatoms. The predicted molar refractivity (Wildman–Crippen MR) is 141 cm³/mol. The Morgan fingerprint density at radius 2 is 1.97 bits per heavy atom. The number of ether oxygens (including phenoxy) is 2. The first-order valence-electron chi connectivity index (χ1n) is 13.5. The van der Waals surface area contributed by atoms with E-state index in [4.69, 9.17) is 9.47 Å². The van der Waals surface area contributed by atoms with Gasteiger partial charge in [-0.05, 0) is 37.5 Å². The average molecular weight is 527 g/mol. The van der Waals surface area contributed by atoms with Crippen LogP contribution in [0, 0.1) is 0 Å². The van der Waals surface area contributed by atoms with Crippen molar-refractivity contribution in [3.63, 3.8) is 0 Å². The van der Waals surface area contributed by atoms with E-state index in [-0.39, 0.29) is 31.5 Å². The molecule has 1 heterocycles. The molecule has 2 aliphatic carbocycles. The Morgan fingerprint density at radius 1 is 1.24 bits per heavy atom. The van der Waals surface area contributed by atoms with Crippen molar-refractivity contribution in [2.75, 3.05) is 20.3 Å². The Kier molecular flexibility index (Phi) is 9.22. The number of carbonyl (C=O) groups is 3. The van der Waals surface area contributed by atoms with E-state index in [0.29, 0.717) is 40.9 Å². The van der Waals surface area contributed by atoms with Gasteiger partial charge in [0.1, 0.15) is 18.5 Å². The number of benzene rings is 1. The average Bonchev–Trinajstić information content (AvgIpc) is 3.11. The Labute approximate surface area is 223 Å². The van der Waals surface area contributed by atoms with E-state index in [2.05, 4.69) is 11.9 Å². The van der Waals surface area contributed by atoms with Crippen molar-refractivity contribution in [3.8, 4) is 11.5 Å². The highest BCUT2D eigenvalue weighted by Gasteiger charge is 2.52. The summed E-state index contributed by atoms with van der Waals surface area (Å²) in [5, 5.41) is 23.8. The molecule has 206 valence electrons. The molecule has 1 saturated carbocycles. The lowest BCUT2D eigenvalue weighted by atomic mass is 9.76. The Morgan fingerprint density at radius 3 is 2.61 bits per heavy atom. The lowest BCUT2D eigenvalue weighted by molar-refractivity contribution is -0.140. The van der Waals surface area contributed by atoms with Crippen molar-refractivity contribution in [2.24, 2.45) is 0 Å². The number of hydrogen-bond acceptors (Lipinski definition) is 7. The summed E-state index contributed by atoms with van der Waals surface area (Å²) < 4.78 is 11.7. The number of nitrogens with zero attached hydrogens (tertiary/aromatic N) is 1. The van der Waals surface area contributed by atoms with Crippen LogP contribution in [-0.2, 0) is 9.59 Å². The molecule has 2 amide bonds. The zero-order valence-corrected chi connectivity index (χ0v) is 21.9. The normalized spacial score (nSPS) is 24.7. The van der Waals surface area contributed by atoms with E-state index >= 15 is 0 Å². The fourth-order valence-corrected chi connectivity index (χ4v) is 6.03. The van der Waals surface area contributed by atoms with Crippen LogP contribution in [0.3, 0.4) is 0 Å². The summed E-state index contributed by atoms with van der Waals surface area (Å²) in [7, 11) is 1.46. The molecule has 1 aromatic rings. The van der Waals surface area contributed by atoms with Crippen molar-refractivity contribution in [1.29, 1.82) is 0 Å². The van der Waals surface area contributed by atoms with Gasteiger partial charge in [0.25, 0.3) is 0 Å². The molecular weight excluding hydrogens is 488 g/mol. The molecule has 9 nitrogen and oxygen atoms in total. The summed E-state index contributed by atoms with van der Waals surface area (Å²) in [5.74, 6) is -0.490. The molecule has 1 aromatic carbocycles. The summed E-state index contributed by atoms with van der Waals surface area (Å²) >= 11 is 0. The number of carbonyl (C=O) groups excluding carboxylic acids is 3. The highest BCUT2D eigenvalue weighted by Crippen LogP contribution is 2.51. The molecule has 4 atom stereocenters. The van der Waals surface area contributed by atoms with Crippen LogP contribution in [0.1, 0.15) is 73.2 Å². The van der Waals surface area contributed by atoms with Crippen molar-refractivity contribution in [3.05, 3.63) is 47.6 Å². The van der Waals surface area contributed by atoms with Gasteiger partial charge in [0.05, 0.1) is 25.7 Å². The number of nitrogens with one attached hydrogen (secondary N) is 1. The van der Waals surface area contributed by atoms with Crippen molar-refractivity contribution < 1.29 is 34.1 Å². The quantitative estimate of drug-likeness (QED) is 0.243. The van der Waals surface area contributed by atoms with Crippen LogP contribution >= 0.6 is 0 Å². The fraction of sp³-hybridized carbons (Fsp3) is 0.552. The lowest BCUT2D eigenvalue weighted by Gasteiger charge is -2.44. The maximum atomic E-state index is 13.6. The zero-order chi connectivity index (χ0) is 27.2. The second-order valence-electron chi connectivity index (χ2n) is 10.2. The monoisotopic (exact) mass is 526 g/mol. The first-order chi connectivity index (χ1) is 18.4. The van der Waals surface area contributed by atoms with E-state index in [1.807, 2.05) is 0 Å². The van der Waals surface area contributed by atoms with Crippen LogP contribution in [0.4, 0.5) is 0 Å². The van der Waals surface area contributed by atoms with Crippen LogP contribution in [0.5, 0.6) is 11.5 Å². The molecule has 0 saturated heterocycles. The molecule has 4 rings (SSSR count). The summed E-state index contributed by atoms with van der Waals surface area (Å²) in [6.45, 7) is 3.57. The summed E-state index contributed by atoms with van der Waals surface area (Å²) in [6.07, 6.45) is 8.71. The minimum absolute atomic E-state index is 0.0524. The molecule has 38 heavy (non-hydrogen) atoms. The molecule has 0 radical (unpaired) electrons. The van der Waals surface area contributed by atoms with Crippen molar-refractivity contribution >= 4 is 18.1 Å². The topological polar surface area (TPSA) is 125 Å². The van der Waals surface area contributed by atoms with Gasteiger partial charge in [-0.2, -0.15) is 0 Å². The summed E-state index contributed by atoms with van der Waals surface area (Å²) in [6, 6.07) is 2.36. The number of amides is 2. The van der Waals surface area contributed by atoms with E-state index in [1.54, 1.807) is 29.2 Å². The highest BCUT2D eigenvalue weighted by molar-refractivity contribution is 5.96. The predicted octanol–water partition coefficient (Wildman–Crippen LogP) is 2.65. The van der Waals surface area contributed by atoms with Crippen molar-refractivity contribution in [1.82, 2.24) is 10.2 Å². The third-order valence-electron chi connectivity index (χ3n) is 7.80. The second kappa shape index (κ2) is 12.6. The molecular formula is C29H38N2O7. The molecule has 0 spiro atoms. The van der Waals surface area contributed by atoms with Gasteiger partial charge in [0.2, 0.25) is 11.8 Å². The fourth-order valence-electron chi connectivity index (χ4n) is 6.03.